The van der Waals surface area contributed by atoms with Gasteiger partial charge in [0, 0.05) is 39.3 Å². The van der Waals surface area contributed by atoms with Gasteiger partial charge in [0.15, 0.2) is 0 Å². The fraction of sp³-hybridized carbons (Fsp3) is 0.379. The third-order valence-electron chi connectivity index (χ3n) is 7.43. The number of rotatable bonds is 6. The lowest BCUT2D eigenvalue weighted by Gasteiger charge is -2.32. The number of benzene rings is 1. The first-order chi connectivity index (χ1) is 18.9. The molecule has 1 fully saturated rings. The smallest absolute Gasteiger partial charge is 0.367 e. The van der Waals surface area contributed by atoms with E-state index in [2.05, 4.69) is 16.4 Å². The Labute approximate surface area is 230 Å². The van der Waals surface area contributed by atoms with Crippen LogP contribution in [0.2, 0.25) is 0 Å². The summed E-state index contributed by atoms with van der Waals surface area (Å²) in [6, 6.07) is 10.5. The number of alkyl halides is 3. The lowest BCUT2D eigenvalue weighted by molar-refractivity contribution is -0.137. The van der Waals surface area contributed by atoms with Crippen molar-refractivity contribution in [2.45, 2.75) is 58.5 Å². The van der Waals surface area contributed by atoms with Crippen molar-refractivity contribution in [1.82, 2.24) is 15.3 Å². The summed E-state index contributed by atoms with van der Waals surface area (Å²) >= 11 is 0. The lowest BCUT2D eigenvalue weighted by Crippen LogP contribution is -2.46. The number of aromatic nitrogens is 2. The van der Waals surface area contributed by atoms with Crippen molar-refractivity contribution in [1.29, 1.82) is 0 Å². The molecular formula is C29H31F3N6O2. The second-order valence-electron chi connectivity index (χ2n) is 10.4. The molecule has 5 rings (SSSR count). The highest BCUT2D eigenvalue weighted by Gasteiger charge is 2.41. The van der Waals surface area contributed by atoms with Crippen LogP contribution in [0.4, 0.5) is 30.4 Å². The quantitative estimate of drug-likeness (QED) is 0.485. The SMILES string of the molecule is Cc1cc(C(F)(F)F)cc(N2C(=O)CC[C@H]2C(=O)N(C)c2cccc(C)c2N(C)Cc2ccc3c(n2)CNC3)n1. The second kappa shape index (κ2) is 10.5. The van der Waals surface area contributed by atoms with Gasteiger partial charge in [-0.05, 0) is 55.7 Å². The molecular weight excluding hydrogens is 521 g/mol. The van der Waals surface area contributed by atoms with Gasteiger partial charge in [-0.25, -0.2) is 4.98 Å². The van der Waals surface area contributed by atoms with E-state index in [1.54, 1.807) is 7.05 Å². The standard InChI is InChI=1S/C29H31F3N6O2/c1-17-6-5-7-23(27(17)36(3)16-21-9-8-19-14-33-15-22(19)35-21)37(4)28(40)24-10-11-26(39)38(24)25-13-20(29(30,31)32)12-18(2)34-25/h5-9,12-13,24,33H,10-11,14-16H2,1-4H3/t24-/m0/s1. The summed E-state index contributed by atoms with van der Waals surface area (Å²) in [6.45, 7) is 5.44. The van der Waals surface area contributed by atoms with Crippen molar-refractivity contribution in [3.63, 3.8) is 0 Å². The molecule has 0 bridgehead atoms. The predicted molar refractivity (Wildman–Crippen MR) is 146 cm³/mol. The van der Waals surface area contributed by atoms with E-state index in [1.807, 2.05) is 43.1 Å². The van der Waals surface area contributed by atoms with Crippen LogP contribution < -0.4 is 20.0 Å². The van der Waals surface area contributed by atoms with Crippen LogP contribution >= 0.6 is 0 Å². The highest BCUT2D eigenvalue weighted by Crippen LogP contribution is 2.37. The Hall–Kier alpha value is -3.99. The number of likely N-dealkylation sites (N-methyl/N-ethyl adjacent to an activating group) is 1. The average molecular weight is 553 g/mol. The molecule has 1 saturated heterocycles. The van der Waals surface area contributed by atoms with E-state index in [4.69, 9.17) is 4.98 Å². The molecule has 1 atom stereocenters. The number of hydrogen-bond acceptors (Lipinski definition) is 6. The predicted octanol–water partition coefficient (Wildman–Crippen LogP) is 4.51. The first-order valence-corrected chi connectivity index (χ1v) is 13.1. The zero-order chi connectivity index (χ0) is 28.8. The summed E-state index contributed by atoms with van der Waals surface area (Å²) in [7, 11) is 3.55. The number of pyridine rings is 2. The largest absolute Gasteiger partial charge is 0.416 e. The molecule has 4 heterocycles. The van der Waals surface area contributed by atoms with Crippen LogP contribution in [0.1, 0.15) is 46.6 Å². The van der Waals surface area contributed by atoms with Gasteiger partial charge >= 0.3 is 6.18 Å². The third-order valence-corrected chi connectivity index (χ3v) is 7.43. The van der Waals surface area contributed by atoms with Crippen LogP contribution in [0.15, 0.2) is 42.5 Å². The Morgan fingerprint density at radius 2 is 1.88 bits per heavy atom. The molecule has 2 aromatic heterocycles. The van der Waals surface area contributed by atoms with Gasteiger partial charge in [0.05, 0.1) is 34.9 Å². The van der Waals surface area contributed by atoms with Crippen molar-refractivity contribution in [3.05, 3.63) is 76.2 Å². The Morgan fingerprint density at radius 1 is 1.10 bits per heavy atom. The number of carbonyl (C=O) groups excluding carboxylic acids is 2. The molecule has 2 aliphatic heterocycles. The summed E-state index contributed by atoms with van der Waals surface area (Å²) < 4.78 is 40.5. The van der Waals surface area contributed by atoms with E-state index < -0.39 is 29.6 Å². The number of carbonyl (C=O) groups is 2. The van der Waals surface area contributed by atoms with Crippen LogP contribution in [-0.2, 0) is 35.4 Å². The molecule has 11 heteroatoms. The van der Waals surface area contributed by atoms with Crippen molar-refractivity contribution in [3.8, 4) is 0 Å². The maximum atomic E-state index is 13.9. The highest BCUT2D eigenvalue weighted by atomic mass is 19.4. The van der Waals surface area contributed by atoms with Crippen molar-refractivity contribution >= 4 is 29.0 Å². The minimum Gasteiger partial charge on any atom is -0.367 e. The Balaban J connectivity index is 1.43. The third kappa shape index (κ3) is 5.25. The van der Waals surface area contributed by atoms with Gasteiger partial charge in [-0.3, -0.25) is 19.5 Å². The number of anilines is 3. The fourth-order valence-electron chi connectivity index (χ4n) is 5.51. The molecule has 0 unspecified atom stereocenters. The number of hydrogen-bond donors (Lipinski definition) is 1. The molecule has 0 radical (unpaired) electrons. The number of nitrogens with one attached hydrogen (secondary N) is 1. The number of fused-ring (bicyclic) bond motifs is 1. The van der Waals surface area contributed by atoms with Gasteiger partial charge in [0.2, 0.25) is 11.8 Å². The number of aryl methyl sites for hydroxylation is 2. The molecule has 3 aromatic rings. The van der Waals surface area contributed by atoms with E-state index in [0.717, 1.165) is 52.8 Å². The Bertz CT molecular complexity index is 1470. The summed E-state index contributed by atoms with van der Waals surface area (Å²) in [6.07, 6.45) is -4.38. The van der Waals surface area contributed by atoms with Crippen molar-refractivity contribution < 1.29 is 22.8 Å². The molecule has 210 valence electrons. The minimum absolute atomic E-state index is 0.0423. The number of para-hydroxylation sites is 1. The number of amides is 2. The molecule has 0 saturated carbocycles. The topological polar surface area (TPSA) is 81.7 Å². The maximum Gasteiger partial charge on any atom is 0.416 e. The zero-order valence-corrected chi connectivity index (χ0v) is 22.8. The fourth-order valence-corrected chi connectivity index (χ4v) is 5.51. The summed E-state index contributed by atoms with van der Waals surface area (Å²) in [5.41, 5.74) is 4.71. The first-order valence-electron chi connectivity index (χ1n) is 13.1. The average Bonchev–Trinajstić information content (AvgIpc) is 3.52. The van der Waals surface area contributed by atoms with Crippen LogP contribution in [0.5, 0.6) is 0 Å². The lowest BCUT2D eigenvalue weighted by atomic mass is 10.1. The van der Waals surface area contributed by atoms with Crippen molar-refractivity contribution in [2.75, 3.05) is 28.8 Å². The monoisotopic (exact) mass is 552 g/mol. The molecule has 2 aliphatic rings. The van der Waals surface area contributed by atoms with E-state index in [9.17, 15) is 22.8 Å². The molecule has 0 spiro atoms. The zero-order valence-electron chi connectivity index (χ0n) is 22.8. The van der Waals surface area contributed by atoms with E-state index in [1.165, 1.54) is 17.4 Å². The molecule has 1 aromatic carbocycles. The van der Waals surface area contributed by atoms with Gasteiger partial charge < -0.3 is 15.1 Å². The van der Waals surface area contributed by atoms with E-state index in [0.29, 0.717) is 12.2 Å². The second-order valence-corrected chi connectivity index (χ2v) is 10.4. The summed E-state index contributed by atoms with van der Waals surface area (Å²) in [4.78, 5) is 40.3. The Kier molecular flexibility index (Phi) is 7.26. The van der Waals surface area contributed by atoms with Crippen LogP contribution in [0.25, 0.3) is 0 Å². The molecule has 8 nitrogen and oxygen atoms in total. The summed E-state index contributed by atoms with van der Waals surface area (Å²) in [5, 5.41) is 3.30. The normalized spacial score (nSPS) is 16.8. The highest BCUT2D eigenvalue weighted by molar-refractivity contribution is 6.09. The Morgan fingerprint density at radius 3 is 2.62 bits per heavy atom. The molecule has 40 heavy (non-hydrogen) atoms. The van der Waals surface area contributed by atoms with Gasteiger partial charge in [-0.2, -0.15) is 13.2 Å². The van der Waals surface area contributed by atoms with Gasteiger partial charge in [0.25, 0.3) is 0 Å². The van der Waals surface area contributed by atoms with Gasteiger partial charge in [-0.1, -0.05) is 18.2 Å². The number of halogens is 3. The van der Waals surface area contributed by atoms with Crippen LogP contribution in [-0.4, -0.2) is 41.9 Å². The van der Waals surface area contributed by atoms with Gasteiger partial charge in [0.1, 0.15) is 11.9 Å². The minimum atomic E-state index is -4.60. The van der Waals surface area contributed by atoms with Gasteiger partial charge in [-0.15, -0.1) is 0 Å². The number of nitrogens with zero attached hydrogens (tertiary/aromatic N) is 5. The maximum absolute atomic E-state index is 13.9. The molecule has 2 amide bonds. The first kappa shape index (κ1) is 27.6. The van der Waals surface area contributed by atoms with E-state index in [-0.39, 0.29) is 24.4 Å². The van der Waals surface area contributed by atoms with E-state index >= 15 is 0 Å². The van der Waals surface area contributed by atoms with Crippen molar-refractivity contribution in [2.24, 2.45) is 0 Å². The van der Waals surface area contributed by atoms with Crippen LogP contribution in [0.3, 0.4) is 0 Å². The van der Waals surface area contributed by atoms with Crippen LogP contribution in [0, 0.1) is 13.8 Å². The molecule has 1 N–H and O–H groups in total. The summed E-state index contributed by atoms with van der Waals surface area (Å²) in [5.74, 6) is -0.998. The molecule has 0 aliphatic carbocycles.